The smallest absolute Gasteiger partial charge is 0.484 e. The number of nitrogens with one attached hydrogen (secondary N) is 1. The quantitative estimate of drug-likeness (QED) is 0.797. The average molecular weight is 378 g/mol. The number of hydrogen-bond acceptors (Lipinski definition) is 3. The maximum absolute atomic E-state index is 14.0. The van der Waals surface area contributed by atoms with E-state index in [4.69, 9.17) is 4.74 Å². The van der Waals surface area contributed by atoms with Crippen LogP contribution in [0.3, 0.4) is 0 Å². The lowest BCUT2D eigenvalue weighted by atomic mass is 10.0. The van der Waals surface area contributed by atoms with Gasteiger partial charge >= 0.3 is 6.36 Å². The first-order chi connectivity index (χ1) is 11.3. The second-order valence-electron chi connectivity index (χ2n) is 5.59. The van der Waals surface area contributed by atoms with Gasteiger partial charge in [0, 0.05) is 18.7 Å². The Labute approximate surface area is 148 Å². The molecule has 136 valence electrons. The van der Waals surface area contributed by atoms with Crippen molar-refractivity contribution < 1.29 is 27.0 Å². The molecule has 1 aliphatic heterocycles. The molecule has 2 aromatic carbocycles. The number of aryl methyl sites for hydroxylation is 1. The summed E-state index contributed by atoms with van der Waals surface area (Å²) < 4.78 is 61.6. The van der Waals surface area contributed by atoms with E-state index in [1.54, 1.807) is 19.1 Å². The molecule has 25 heavy (non-hydrogen) atoms. The van der Waals surface area contributed by atoms with Crippen molar-refractivity contribution in [2.75, 3.05) is 13.1 Å². The van der Waals surface area contributed by atoms with Crippen LogP contribution >= 0.6 is 12.4 Å². The van der Waals surface area contributed by atoms with Gasteiger partial charge in [-0.15, -0.1) is 25.6 Å². The number of halogens is 5. The number of rotatable bonds is 4. The second-order valence-corrected chi connectivity index (χ2v) is 5.59. The van der Waals surface area contributed by atoms with Crippen LogP contribution in [-0.2, 0) is 0 Å². The van der Waals surface area contributed by atoms with Gasteiger partial charge in [-0.3, -0.25) is 0 Å². The van der Waals surface area contributed by atoms with Crippen LogP contribution in [0.5, 0.6) is 11.5 Å². The fraction of sp³-hybridized carbons (Fsp3) is 0.294. The lowest BCUT2D eigenvalue weighted by Gasteiger charge is -2.28. The maximum atomic E-state index is 14.0. The predicted molar refractivity (Wildman–Crippen MR) is 87.8 cm³/mol. The third-order valence-electron chi connectivity index (χ3n) is 3.64. The van der Waals surface area contributed by atoms with Crippen molar-refractivity contribution in [1.82, 2.24) is 5.32 Å². The van der Waals surface area contributed by atoms with E-state index in [-0.39, 0.29) is 35.4 Å². The van der Waals surface area contributed by atoms with Gasteiger partial charge in [-0.25, -0.2) is 4.39 Å². The monoisotopic (exact) mass is 377 g/mol. The lowest BCUT2D eigenvalue weighted by Crippen LogP contribution is -2.50. The fourth-order valence-corrected chi connectivity index (χ4v) is 2.36. The van der Waals surface area contributed by atoms with Crippen LogP contribution < -0.4 is 14.8 Å². The first-order valence-electron chi connectivity index (χ1n) is 7.35. The van der Waals surface area contributed by atoms with Gasteiger partial charge in [-0.1, -0.05) is 17.7 Å². The first kappa shape index (κ1) is 19.3. The van der Waals surface area contributed by atoms with E-state index in [2.05, 4.69) is 10.1 Å². The average Bonchev–Trinajstić information content (AvgIpc) is 2.45. The number of ether oxygens (including phenoxy) is 2. The minimum Gasteiger partial charge on any atom is -0.484 e. The number of hydrogen-bond donors (Lipinski definition) is 1. The van der Waals surface area contributed by atoms with Crippen LogP contribution in [0.1, 0.15) is 5.56 Å². The summed E-state index contributed by atoms with van der Waals surface area (Å²) in [6.07, 6.45) is -5.07. The molecule has 1 aliphatic rings. The second kappa shape index (κ2) is 7.49. The number of benzene rings is 2. The molecule has 1 saturated heterocycles. The van der Waals surface area contributed by atoms with Gasteiger partial charge in [0.1, 0.15) is 11.9 Å². The van der Waals surface area contributed by atoms with E-state index in [0.29, 0.717) is 13.1 Å². The van der Waals surface area contributed by atoms with Crippen LogP contribution in [0.25, 0.3) is 11.1 Å². The maximum Gasteiger partial charge on any atom is 0.573 e. The summed E-state index contributed by atoms with van der Waals surface area (Å²) in [6.45, 7) is 2.89. The molecule has 0 amide bonds. The molecular formula is C17H16ClF4NO2. The summed E-state index contributed by atoms with van der Waals surface area (Å²) in [5, 5.41) is 2.96. The van der Waals surface area contributed by atoms with Crippen LogP contribution in [0, 0.1) is 12.7 Å². The normalized spacial score (nSPS) is 14.4. The highest BCUT2D eigenvalue weighted by Gasteiger charge is 2.33. The van der Waals surface area contributed by atoms with Gasteiger partial charge in [0.05, 0.1) is 0 Å². The van der Waals surface area contributed by atoms with E-state index in [0.717, 1.165) is 11.6 Å². The van der Waals surface area contributed by atoms with Crippen LogP contribution in [0.4, 0.5) is 17.6 Å². The molecule has 3 nitrogen and oxygen atoms in total. The van der Waals surface area contributed by atoms with E-state index in [9.17, 15) is 17.6 Å². The Morgan fingerprint density at radius 2 is 1.76 bits per heavy atom. The molecule has 0 saturated carbocycles. The minimum atomic E-state index is -4.86. The molecule has 2 aromatic rings. The molecule has 0 radical (unpaired) electrons. The van der Waals surface area contributed by atoms with Gasteiger partial charge in [-0.2, -0.15) is 0 Å². The van der Waals surface area contributed by atoms with Crippen molar-refractivity contribution in [2.24, 2.45) is 0 Å². The highest BCUT2D eigenvalue weighted by Crippen LogP contribution is 2.37. The standard InChI is InChI=1S/C17H15F4NO2.ClH/c1-10-2-4-14(18)13(6-10)11-3-5-15(23-12-8-22-9-12)16(7-11)24-17(19,20)21;/h2-7,12,22H,8-9H2,1H3;1H. The summed E-state index contributed by atoms with van der Waals surface area (Å²) in [5.41, 5.74) is 1.29. The summed E-state index contributed by atoms with van der Waals surface area (Å²) in [4.78, 5) is 0. The SMILES string of the molecule is Cc1ccc(F)c(-c2ccc(OC3CNC3)c(OC(F)(F)F)c2)c1.Cl. The van der Waals surface area contributed by atoms with E-state index >= 15 is 0 Å². The molecule has 0 bridgehead atoms. The topological polar surface area (TPSA) is 30.5 Å². The molecule has 1 heterocycles. The minimum absolute atomic E-state index is 0. The summed E-state index contributed by atoms with van der Waals surface area (Å²) >= 11 is 0. The van der Waals surface area contributed by atoms with Gasteiger partial charge in [0.15, 0.2) is 11.5 Å². The molecule has 0 unspecified atom stereocenters. The van der Waals surface area contributed by atoms with E-state index in [1.807, 2.05) is 0 Å². The fourth-order valence-electron chi connectivity index (χ4n) is 2.36. The van der Waals surface area contributed by atoms with E-state index < -0.39 is 17.9 Å². The van der Waals surface area contributed by atoms with Crippen molar-refractivity contribution >= 4 is 12.4 Å². The highest BCUT2D eigenvalue weighted by atomic mass is 35.5. The molecule has 0 spiro atoms. The third kappa shape index (κ3) is 4.76. The van der Waals surface area contributed by atoms with Gasteiger partial charge in [-0.05, 0) is 36.8 Å². The zero-order chi connectivity index (χ0) is 17.3. The van der Waals surface area contributed by atoms with Crippen LogP contribution in [0.15, 0.2) is 36.4 Å². The van der Waals surface area contributed by atoms with Crippen molar-refractivity contribution in [1.29, 1.82) is 0 Å². The van der Waals surface area contributed by atoms with Crippen molar-refractivity contribution in [2.45, 2.75) is 19.4 Å². The summed E-state index contributed by atoms with van der Waals surface area (Å²) in [7, 11) is 0. The van der Waals surface area contributed by atoms with Gasteiger partial charge < -0.3 is 14.8 Å². The summed E-state index contributed by atoms with van der Waals surface area (Å²) in [5.74, 6) is -1.01. The van der Waals surface area contributed by atoms with Gasteiger partial charge in [0.2, 0.25) is 0 Å². The Morgan fingerprint density at radius 1 is 1.04 bits per heavy atom. The van der Waals surface area contributed by atoms with Crippen LogP contribution in [0.2, 0.25) is 0 Å². The van der Waals surface area contributed by atoms with E-state index in [1.165, 1.54) is 18.2 Å². The molecule has 0 aliphatic carbocycles. The highest BCUT2D eigenvalue weighted by molar-refractivity contribution is 5.85. The summed E-state index contributed by atoms with van der Waals surface area (Å²) in [6, 6.07) is 8.47. The van der Waals surface area contributed by atoms with Gasteiger partial charge in [0.25, 0.3) is 0 Å². The Bertz CT molecular complexity index is 748. The van der Waals surface area contributed by atoms with Crippen LogP contribution in [-0.4, -0.2) is 25.6 Å². The third-order valence-corrected chi connectivity index (χ3v) is 3.64. The Morgan fingerprint density at radius 3 is 2.36 bits per heavy atom. The van der Waals surface area contributed by atoms with Crippen molar-refractivity contribution in [3.8, 4) is 22.6 Å². The van der Waals surface area contributed by atoms with Crippen molar-refractivity contribution in [3.63, 3.8) is 0 Å². The molecule has 8 heteroatoms. The first-order valence-corrected chi connectivity index (χ1v) is 7.35. The zero-order valence-electron chi connectivity index (χ0n) is 13.2. The Hall–Kier alpha value is -1.99. The molecule has 0 atom stereocenters. The largest absolute Gasteiger partial charge is 0.573 e. The Kier molecular flexibility index (Phi) is 5.80. The Balaban J connectivity index is 0.00000225. The molecule has 0 aromatic heterocycles. The molecule has 3 rings (SSSR count). The lowest BCUT2D eigenvalue weighted by molar-refractivity contribution is -0.275. The predicted octanol–water partition coefficient (Wildman–Crippen LogP) is 4.47. The molecule has 1 fully saturated rings. The molecule has 1 N–H and O–H groups in total. The van der Waals surface area contributed by atoms with Crippen molar-refractivity contribution in [3.05, 3.63) is 47.8 Å². The molecular weight excluding hydrogens is 362 g/mol. The number of alkyl halides is 3. The zero-order valence-corrected chi connectivity index (χ0v) is 14.0.